The molecule has 0 aliphatic carbocycles. The number of amides is 6. The van der Waals surface area contributed by atoms with Crippen molar-refractivity contribution in [3.8, 4) is 0 Å². The van der Waals surface area contributed by atoms with Gasteiger partial charge in [0.1, 0.15) is 37.6 Å². The zero-order valence-corrected chi connectivity index (χ0v) is 29.2. The Morgan fingerprint density at radius 1 is 0.875 bits per heavy atom. The smallest absolute Gasteiger partial charge is 0.325 e. The lowest BCUT2D eigenvalue weighted by Crippen LogP contribution is -2.60. The number of aliphatic carboxylic acids is 1. The van der Waals surface area contributed by atoms with Crippen molar-refractivity contribution in [2.45, 2.75) is 104 Å². The maximum Gasteiger partial charge on any atom is 0.325 e. The first-order valence-corrected chi connectivity index (χ1v) is 16.4. The van der Waals surface area contributed by atoms with Crippen LogP contribution in [0.15, 0.2) is 0 Å². The molecule has 1 heterocycles. The van der Waals surface area contributed by atoms with Crippen LogP contribution >= 0.6 is 0 Å². The van der Waals surface area contributed by atoms with Crippen LogP contribution in [0.3, 0.4) is 0 Å². The highest BCUT2D eigenvalue weighted by molar-refractivity contribution is 5.96. The van der Waals surface area contributed by atoms with Gasteiger partial charge in [-0.2, -0.15) is 0 Å². The Morgan fingerprint density at radius 2 is 1.46 bits per heavy atom. The molecule has 1 aliphatic heterocycles. The lowest BCUT2D eigenvalue weighted by molar-refractivity contribution is -0.150. The summed E-state index contributed by atoms with van der Waals surface area (Å²) in [4.78, 5) is 92.4. The highest BCUT2D eigenvalue weighted by Crippen LogP contribution is 2.24. The maximum absolute atomic E-state index is 14.1. The molecule has 17 nitrogen and oxygen atoms in total. The molecule has 48 heavy (non-hydrogen) atoms. The van der Waals surface area contributed by atoms with Gasteiger partial charge in [-0.1, -0.05) is 48.0 Å². The lowest BCUT2D eigenvalue weighted by atomic mass is 9.96. The minimum atomic E-state index is -1.24. The van der Waals surface area contributed by atoms with Crippen LogP contribution in [0.5, 0.6) is 0 Å². The van der Waals surface area contributed by atoms with E-state index in [0.29, 0.717) is 19.4 Å². The molecule has 6 amide bonds. The first-order chi connectivity index (χ1) is 22.4. The van der Waals surface area contributed by atoms with Crippen molar-refractivity contribution in [1.82, 2.24) is 31.1 Å². The second kappa shape index (κ2) is 20.5. The molecule has 0 aromatic heterocycles. The standard InChI is InChI=1S/C31H56N8O9/c1-17(2)12-22-29(44)39(26(19(5)6)28(43)35-13-23(40)36-20(7)31(46)47)16-48-15-38(22)30(45)25(18(3)4)37-24(41)14-34-27(42)21(33)10-8-9-11-32/h17-22,25-26H,8-16,32-33H2,1-7H3,(H,34,42)(H,35,43)(H,36,40)(H,37,41)(H,46,47)/t20-,21+,22-,25-,26-/m0/s1. The Labute approximate surface area is 282 Å². The van der Waals surface area contributed by atoms with E-state index in [0.717, 1.165) is 6.42 Å². The summed E-state index contributed by atoms with van der Waals surface area (Å²) in [6, 6.07) is -5.16. The quantitative estimate of drug-likeness (QED) is 0.0767. The molecule has 1 aliphatic rings. The molecule has 0 bridgehead atoms. The molecule has 1 rings (SSSR count). The number of rotatable bonds is 19. The normalized spacial score (nSPS) is 17.8. The van der Waals surface area contributed by atoms with Gasteiger partial charge in [0.2, 0.25) is 35.4 Å². The van der Waals surface area contributed by atoms with Crippen molar-refractivity contribution in [1.29, 1.82) is 0 Å². The summed E-state index contributed by atoms with van der Waals surface area (Å²) in [5.74, 6) is -5.76. The van der Waals surface area contributed by atoms with Gasteiger partial charge >= 0.3 is 5.97 Å². The van der Waals surface area contributed by atoms with Crippen LogP contribution in [0, 0.1) is 17.8 Å². The number of unbranched alkanes of at least 4 members (excludes halogenated alkanes) is 1. The molecule has 1 saturated heterocycles. The Kier molecular flexibility index (Phi) is 18.0. The number of carboxylic acid groups (broad SMARTS) is 1. The fraction of sp³-hybridized carbons (Fsp3) is 0.774. The van der Waals surface area contributed by atoms with Crippen LogP contribution in [0.25, 0.3) is 0 Å². The van der Waals surface area contributed by atoms with E-state index in [1.807, 2.05) is 13.8 Å². The number of hydrogen-bond donors (Lipinski definition) is 7. The highest BCUT2D eigenvalue weighted by atomic mass is 16.5. The Bertz CT molecular complexity index is 1130. The SMILES string of the molecule is CC(C)C[C@H]1C(=O)N([C@H](C(=O)NCC(=O)N[C@@H](C)C(=O)O)C(C)C)COCN1C(=O)[C@@H](NC(=O)CNC(=O)[C@H](N)CCCCN)C(C)C. The summed E-state index contributed by atoms with van der Waals surface area (Å²) < 4.78 is 5.78. The van der Waals surface area contributed by atoms with Crippen LogP contribution in [-0.2, 0) is 38.3 Å². The predicted octanol–water partition coefficient (Wildman–Crippen LogP) is -1.55. The Balaban J connectivity index is 3.13. The monoisotopic (exact) mass is 684 g/mol. The number of carbonyl (C=O) groups excluding carboxylic acids is 6. The average Bonchev–Trinajstić information content (AvgIpc) is 3.15. The van der Waals surface area contributed by atoms with Gasteiger partial charge < -0.3 is 52.4 Å². The fourth-order valence-corrected chi connectivity index (χ4v) is 5.11. The summed E-state index contributed by atoms with van der Waals surface area (Å²) >= 11 is 0. The van der Waals surface area contributed by atoms with Crippen molar-refractivity contribution < 1.29 is 43.4 Å². The van der Waals surface area contributed by atoms with E-state index >= 15 is 0 Å². The van der Waals surface area contributed by atoms with Crippen molar-refractivity contribution in [2.75, 3.05) is 33.1 Å². The zero-order chi connectivity index (χ0) is 36.7. The molecule has 5 atom stereocenters. The predicted molar refractivity (Wildman–Crippen MR) is 175 cm³/mol. The van der Waals surface area contributed by atoms with Crippen molar-refractivity contribution in [3.05, 3.63) is 0 Å². The van der Waals surface area contributed by atoms with E-state index in [4.69, 9.17) is 21.3 Å². The molecular weight excluding hydrogens is 628 g/mol. The van der Waals surface area contributed by atoms with Gasteiger partial charge in [-0.05, 0) is 50.5 Å². The first kappa shape index (κ1) is 42.2. The number of nitrogens with two attached hydrogens (primary N) is 2. The minimum absolute atomic E-state index is 0.0585. The maximum atomic E-state index is 14.1. The Hall–Kier alpha value is -3.83. The van der Waals surface area contributed by atoms with Crippen molar-refractivity contribution in [2.24, 2.45) is 29.2 Å². The summed E-state index contributed by atoms with van der Waals surface area (Å²) in [6.07, 6.45) is 2.02. The van der Waals surface area contributed by atoms with Crippen molar-refractivity contribution in [3.63, 3.8) is 0 Å². The zero-order valence-electron chi connectivity index (χ0n) is 29.2. The third kappa shape index (κ3) is 13.4. The number of carboxylic acids is 1. The van der Waals surface area contributed by atoms with Crippen LogP contribution in [-0.4, -0.2) is 120 Å². The van der Waals surface area contributed by atoms with E-state index in [1.54, 1.807) is 27.7 Å². The van der Waals surface area contributed by atoms with E-state index in [2.05, 4.69) is 21.3 Å². The molecule has 0 aromatic rings. The molecule has 0 saturated carbocycles. The number of carbonyl (C=O) groups is 7. The van der Waals surface area contributed by atoms with Gasteiger partial charge in [-0.25, -0.2) is 0 Å². The van der Waals surface area contributed by atoms with Gasteiger partial charge in [0.25, 0.3) is 0 Å². The fourth-order valence-electron chi connectivity index (χ4n) is 5.11. The van der Waals surface area contributed by atoms with E-state index in [1.165, 1.54) is 16.7 Å². The topological polar surface area (TPSA) is 256 Å². The number of hydrogen-bond acceptors (Lipinski definition) is 10. The van der Waals surface area contributed by atoms with E-state index < -0.39 is 96.5 Å². The number of nitrogens with zero attached hydrogens (tertiary/aromatic N) is 2. The summed E-state index contributed by atoms with van der Waals surface area (Å²) in [6.45, 7) is 10.9. The lowest BCUT2D eigenvalue weighted by Gasteiger charge is -2.36. The summed E-state index contributed by atoms with van der Waals surface area (Å²) in [5.41, 5.74) is 11.4. The molecular formula is C31H56N8O9. The molecule has 0 aromatic carbocycles. The van der Waals surface area contributed by atoms with Gasteiger partial charge in [-0.3, -0.25) is 33.6 Å². The van der Waals surface area contributed by atoms with Gasteiger partial charge in [-0.15, -0.1) is 0 Å². The molecule has 0 unspecified atom stereocenters. The largest absolute Gasteiger partial charge is 0.480 e. The molecule has 17 heteroatoms. The average molecular weight is 685 g/mol. The van der Waals surface area contributed by atoms with Crippen LogP contribution in [0.1, 0.15) is 74.1 Å². The third-order valence-electron chi connectivity index (χ3n) is 7.77. The molecule has 0 radical (unpaired) electrons. The molecule has 1 fully saturated rings. The molecule has 274 valence electrons. The summed E-state index contributed by atoms with van der Waals surface area (Å²) in [5, 5.41) is 18.9. The first-order valence-electron chi connectivity index (χ1n) is 16.4. The van der Waals surface area contributed by atoms with Crippen LogP contribution < -0.4 is 32.7 Å². The molecule has 0 spiro atoms. The number of nitrogens with one attached hydrogen (secondary N) is 4. The van der Waals surface area contributed by atoms with Gasteiger partial charge in [0, 0.05) is 0 Å². The minimum Gasteiger partial charge on any atom is -0.480 e. The van der Waals surface area contributed by atoms with Crippen molar-refractivity contribution >= 4 is 41.4 Å². The third-order valence-corrected chi connectivity index (χ3v) is 7.77. The van der Waals surface area contributed by atoms with Crippen LogP contribution in [0.2, 0.25) is 0 Å². The van der Waals surface area contributed by atoms with Gasteiger partial charge in [0.05, 0.1) is 19.1 Å². The van der Waals surface area contributed by atoms with Crippen LogP contribution in [0.4, 0.5) is 0 Å². The van der Waals surface area contributed by atoms with E-state index in [-0.39, 0.29) is 25.8 Å². The van der Waals surface area contributed by atoms with E-state index in [9.17, 15) is 33.6 Å². The van der Waals surface area contributed by atoms with Gasteiger partial charge in [0.15, 0.2) is 0 Å². The Morgan fingerprint density at radius 3 is 1.98 bits per heavy atom. The number of ether oxygens (including phenoxy) is 1. The second-order valence-electron chi connectivity index (χ2n) is 13.2. The summed E-state index contributed by atoms with van der Waals surface area (Å²) in [7, 11) is 0. The highest BCUT2D eigenvalue weighted by Gasteiger charge is 2.43. The second-order valence-corrected chi connectivity index (χ2v) is 13.2. The molecule has 9 N–H and O–H groups in total.